The molecule has 1 aromatic carbocycles. The molecule has 34 heavy (non-hydrogen) atoms. The number of anilines is 1. The van der Waals surface area contributed by atoms with Crippen LogP contribution in [-0.2, 0) is 18.3 Å². The molecule has 9 nitrogen and oxygen atoms in total. The average molecular weight is 462 g/mol. The number of nitrogens with zero attached hydrogens (tertiary/aromatic N) is 6. The molecule has 178 valence electrons. The number of pyridine rings is 1. The van der Waals surface area contributed by atoms with E-state index in [0.29, 0.717) is 25.3 Å². The number of carbonyl (C=O) groups excluding carboxylic acids is 1. The zero-order valence-electron chi connectivity index (χ0n) is 20.3. The first-order valence-electron chi connectivity index (χ1n) is 11.8. The van der Waals surface area contributed by atoms with Crippen LogP contribution in [-0.4, -0.2) is 68.8 Å². The number of methoxy groups -OCH3 is 1. The van der Waals surface area contributed by atoms with Crippen LogP contribution >= 0.6 is 0 Å². The van der Waals surface area contributed by atoms with E-state index in [1.807, 2.05) is 43.1 Å². The molecular weight excluding hydrogens is 430 g/mol. The third-order valence-electron chi connectivity index (χ3n) is 6.83. The molecule has 5 rings (SSSR count). The van der Waals surface area contributed by atoms with Gasteiger partial charge in [0, 0.05) is 45.3 Å². The molecular formula is C25H31N7O2. The second kappa shape index (κ2) is 8.96. The summed E-state index contributed by atoms with van der Waals surface area (Å²) in [6, 6.07) is 8.06. The summed E-state index contributed by atoms with van der Waals surface area (Å²) in [5.41, 5.74) is 5.95. The minimum Gasteiger partial charge on any atom is -0.479 e. The molecule has 0 aliphatic carbocycles. The molecule has 0 bridgehead atoms. The van der Waals surface area contributed by atoms with Crippen LogP contribution in [0.2, 0.25) is 0 Å². The van der Waals surface area contributed by atoms with Gasteiger partial charge in [-0.25, -0.2) is 14.6 Å². The maximum atomic E-state index is 13.1. The third kappa shape index (κ3) is 3.95. The van der Waals surface area contributed by atoms with Crippen LogP contribution in [0.15, 0.2) is 24.3 Å². The minimum atomic E-state index is 0.184. The molecule has 4 heterocycles. The third-order valence-corrected chi connectivity index (χ3v) is 6.83. The molecule has 1 amide bonds. The van der Waals surface area contributed by atoms with Gasteiger partial charge < -0.3 is 19.5 Å². The second-order valence-corrected chi connectivity index (χ2v) is 8.93. The molecule has 1 N–H and O–H groups in total. The number of para-hydroxylation sites is 2. The monoisotopic (exact) mass is 461 g/mol. The number of aryl methyl sites for hydroxylation is 3. The Kier molecular flexibility index (Phi) is 5.85. The van der Waals surface area contributed by atoms with Crippen LogP contribution in [0.25, 0.3) is 22.1 Å². The highest BCUT2D eigenvalue weighted by Crippen LogP contribution is 2.30. The van der Waals surface area contributed by atoms with E-state index < -0.39 is 0 Å². The number of H-pyrrole nitrogens is 1. The smallest absolute Gasteiger partial charge is 0.242 e. The Morgan fingerprint density at radius 2 is 1.94 bits per heavy atom. The van der Waals surface area contributed by atoms with Crippen molar-refractivity contribution in [1.29, 1.82) is 0 Å². The van der Waals surface area contributed by atoms with E-state index >= 15 is 0 Å². The van der Waals surface area contributed by atoms with Crippen LogP contribution in [0.5, 0.6) is 5.88 Å². The average Bonchev–Trinajstić information content (AvgIpc) is 3.30. The summed E-state index contributed by atoms with van der Waals surface area (Å²) in [6.45, 7) is 7.18. The van der Waals surface area contributed by atoms with Crippen molar-refractivity contribution < 1.29 is 9.53 Å². The molecule has 0 saturated carbocycles. The number of carbonyl (C=O) groups is 1. The van der Waals surface area contributed by atoms with Crippen molar-refractivity contribution in [3.63, 3.8) is 0 Å². The molecule has 0 spiro atoms. The highest BCUT2D eigenvalue weighted by atomic mass is 16.5. The number of fused-ring (bicyclic) bond motifs is 2. The van der Waals surface area contributed by atoms with Gasteiger partial charge in [0.05, 0.1) is 23.5 Å². The highest BCUT2D eigenvalue weighted by molar-refractivity contribution is 5.86. The van der Waals surface area contributed by atoms with Crippen molar-refractivity contribution in [3.8, 4) is 5.88 Å². The van der Waals surface area contributed by atoms with Gasteiger partial charge in [0.15, 0.2) is 5.65 Å². The van der Waals surface area contributed by atoms with Gasteiger partial charge in [-0.05, 0) is 49.9 Å². The lowest BCUT2D eigenvalue weighted by Gasteiger charge is -2.22. The second-order valence-electron chi connectivity index (χ2n) is 8.93. The largest absolute Gasteiger partial charge is 0.479 e. The Bertz CT molecular complexity index is 1320. The number of aromatic nitrogens is 5. The van der Waals surface area contributed by atoms with Crippen LogP contribution in [0.1, 0.15) is 29.7 Å². The van der Waals surface area contributed by atoms with Crippen molar-refractivity contribution >= 4 is 33.9 Å². The van der Waals surface area contributed by atoms with Crippen LogP contribution in [0.4, 0.5) is 5.95 Å². The number of hydrogen-bond donors (Lipinski definition) is 1. The van der Waals surface area contributed by atoms with E-state index in [1.54, 1.807) is 11.8 Å². The van der Waals surface area contributed by atoms with E-state index in [2.05, 4.69) is 21.9 Å². The fraction of sp³-hybridized carbons (Fsp3) is 0.440. The van der Waals surface area contributed by atoms with Gasteiger partial charge in [0.2, 0.25) is 17.7 Å². The first-order chi connectivity index (χ1) is 16.5. The number of nitrogens with one attached hydrogen (secondary N) is 1. The number of benzene rings is 1. The quantitative estimate of drug-likeness (QED) is 0.491. The summed E-state index contributed by atoms with van der Waals surface area (Å²) in [4.78, 5) is 30.3. The lowest BCUT2D eigenvalue weighted by atomic mass is 10.00. The summed E-state index contributed by atoms with van der Waals surface area (Å²) in [5, 5.41) is 5.35. The molecule has 4 aromatic rings. The molecule has 1 fully saturated rings. The number of amides is 1. The van der Waals surface area contributed by atoms with Crippen molar-refractivity contribution in [2.75, 3.05) is 38.2 Å². The van der Waals surface area contributed by atoms with E-state index in [9.17, 15) is 4.79 Å². The SMILES string of the molecule is COc1nn(C)c2nc(C)c(CCC(=O)N3CCCN(c4nc5ccccc5[nH]4)CC3)c(C)c12. The van der Waals surface area contributed by atoms with Gasteiger partial charge in [-0.3, -0.25) is 4.79 Å². The first kappa shape index (κ1) is 22.2. The van der Waals surface area contributed by atoms with Crippen molar-refractivity contribution in [3.05, 3.63) is 41.1 Å². The van der Waals surface area contributed by atoms with E-state index in [-0.39, 0.29) is 5.91 Å². The Hall–Kier alpha value is -3.62. The maximum Gasteiger partial charge on any atom is 0.242 e. The summed E-state index contributed by atoms with van der Waals surface area (Å²) < 4.78 is 7.21. The topological polar surface area (TPSA) is 92.2 Å². The number of hydrogen-bond acceptors (Lipinski definition) is 6. The summed E-state index contributed by atoms with van der Waals surface area (Å²) in [6.07, 6.45) is 2.03. The van der Waals surface area contributed by atoms with Gasteiger partial charge >= 0.3 is 0 Å². The predicted octanol–water partition coefficient (Wildman–Crippen LogP) is 3.14. The van der Waals surface area contributed by atoms with Gasteiger partial charge in [-0.2, -0.15) is 0 Å². The Labute approximate surface area is 198 Å². The normalized spacial score (nSPS) is 14.7. The summed E-state index contributed by atoms with van der Waals surface area (Å²) in [5.74, 6) is 1.64. The zero-order valence-corrected chi connectivity index (χ0v) is 20.3. The molecule has 1 aliphatic rings. The Morgan fingerprint density at radius 1 is 1.12 bits per heavy atom. The molecule has 0 radical (unpaired) electrons. The van der Waals surface area contributed by atoms with E-state index in [0.717, 1.165) is 70.9 Å². The van der Waals surface area contributed by atoms with E-state index in [4.69, 9.17) is 14.7 Å². The van der Waals surface area contributed by atoms with Gasteiger partial charge in [-0.15, -0.1) is 5.10 Å². The predicted molar refractivity (Wildman–Crippen MR) is 132 cm³/mol. The summed E-state index contributed by atoms with van der Waals surface area (Å²) >= 11 is 0. The lowest BCUT2D eigenvalue weighted by Crippen LogP contribution is -2.35. The standard InChI is InChI=1S/C25H31N7O2/c1-16-18(17(2)26-23-22(16)24(34-4)29-30(23)3)10-11-21(33)31-12-7-13-32(15-14-31)25-27-19-8-5-6-9-20(19)28-25/h5-6,8-9H,7,10-15H2,1-4H3,(H,27,28). The van der Waals surface area contributed by atoms with Gasteiger partial charge in [0.1, 0.15) is 0 Å². The number of aromatic amines is 1. The Morgan fingerprint density at radius 3 is 2.74 bits per heavy atom. The van der Waals surface area contributed by atoms with Crippen molar-refractivity contribution in [1.82, 2.24) is 29.6 Å². The summed E-state index contributed by atoms with van der Waals surface area (Å²) in [7, 11) is 3.49. The molecule has 0 unspecified atom stereocenters. The fourth-order valence-electron chi connectivity index (χ4n) is 4.97. The zero-order chi connectivity index (χ0) is 23.8. The lowest BCUT2D eigenvalue weighted by molar-refractivity contribution is -0.130. The van der Waals surface area contributed by atoms with Crippen LogP contribution in [0.3, 0.4) is 0 Å². The van der Waals surface area contributed by atoms with Crippen molar-refractivity contribution in [2.24, 2.45) is 7.05 Å². The number of rotatable bonds is 5. The van der Waals surface area contributed by atoms with E-state index in [1.165, 1.54) is 0 Å². The molecule has 1 saturated heterocycles. The van der Waals surface area contributed by atoms with Gasteiger partial charge in [0.25, 0.3) is 0 Å². The first-order valence-corrected chi connectivity index (χ1v) is 11.8. The number of ether oxygens (including phenoxy) is 1. The fourth-order valence-corrected chi connectivity index (χ4v) is 4.97. The Balaban J connectivity index is 1.26. The highest BCUT2D eigenvalue weighted by Gasteiger charge is 2.23. The van der Waals surface area contributed by atoms with Crippen LogP contribution in [0, 0.1) is 13.8 Å². The minimum absolute atomic E-state index is 0.184. The maximum absolute atomic E-state index is 13.1. The molecule has 1 aliphatic heterocycles. The van der Waals surface area contributed by atoms with Crippen molar-refractivity contribution in [2.45, 2.75) is 33.1 Å². The number of imidazole rings is 1. The van der Waals surface area contributed by atoms with Crippen LogP contribution < -0.4 is 9.64 Å². The van der Waals surface area contributed by atoms with Gasteiger partial charge in [-0.1, -0.05) is 12.1 Å². The molecule has 9 heteroatoms. The molecule has 3 aromatic heterocycles. The molecule has 0 atom stereocenters.